The lowest BCUT2D eigenvalue weighted by molar-refractivity contribution is -0.407. The number of aliphatic imine (C=N–C) groups is 2. The summed E-state index contributed by atoms with van der Waals surface area (Å²) in [6.07, 6.45) is 1.47. The number of aryl methyl sites for hydroxylation is 1. The average Bonchev–Trinajstić information content (AvgIpc) is 3.40. The largest absolute Gasteiger partial charge is 0.459 e. The van der Waals surface area contributed by atoms with Crippen molar-refractivity contribution in [3.63, 3.8) is 0 Å². The van der Waals surface area contributed by atoms with E-state index in [0.29, 0.717) is 22.4 Å². The highest BCUT2D eigenvalue weighted by Crippen LogP contribution is 2.26. The van der Waals surface area contributed by atoms with Crippen LogP contribution in [-0.2, 0) is 9.59 Å². The minimum absolute atomic E-state index is 0.0331. The van der Waals surface area contributed by atoms with Gasteiger partial charge in [0.2, 0.25) is 5.91 Å². The normalized spacial score (nSPS) is 18.9. The number of furan rings is 1. The molecule has 0 aliphatic carbocycles. The van der Waals surface area contributed by atoms with Crippen LogP contribution in [0.25, 0.3) is 0 Å². The highest BCUT2D eigenvalue weighted by atomic mass is 32.2. The maximum absolute atomic E-state index is 12.8. The second-order valence-electron chi connectivity index (χ2n) is 6.55. The third-order valence-electron chi connectivity index (χ3n) is 4.42. The zero-order valence-corrected chi connectivity index (χ0v) is 17.1. The van der Waals surface area contributed by atoms with Crippen molar-refractivity contribution in [1.82, 2.24) is 10.1 Å². The molecule has 2 aromatic heterocycles. The number of amidine groups is 2. The molecular formula is C18H17N6O5S+. The minimum atomic E-state index is -0.886. The highest BCUT2D eigenvalue weighted by molar-refractivity contribution is 8.14. The van der Waals surface area contributed by atoms with Crippen LogP contribution in [0.15, 0.2) is 43.4 Å². The van der Waals surface area contributed by atoms with Gasteiger partial charge in [-0.15, -0.1) is 0 Å². The topological polar surface area (TPSA) is 133 Å². The molecule has 0 fully saturated rings. The average molecular weight is 429 g/mol. The Labute approximate surface area is 174 Å². The monoisotopic (exact) mass is 429 g/mol. The van der Waals surface area contributed by atoms with Crippen molar-refractivity contribution in [3.05, 3.63) is 36.0 Å². The van der Waals surface area contributed by atoms with E-state index in [2.05, 4.69) is 20.5 Å². The zero-order chi connectivity index (χ0) is 21.4. The Bertz CT molecular complexity index is 1130. The van der Waals surface area contributed by atoms with Crippen LogP contribution < -0.4 is 5.32 Å². The number of imide groups is 1. The molecule has 1 unspecified atom stereocenters. The number of nitrogens with zero attached hydrogens (tertiary/aromatic N) is 5. The third kappa shape index (κ3) is 3.56. The molecule has 0 aromatic carbocycles. The Morgan fingerprint density at radius 3 is 2.83 bits per heavy atom. The molecule has 11 nitrogen and oxygen atoms in total. The van der Waals surface area contributed by atoms with E-state index in [1.54, 1.807) is 25.1 Å². The number of rotatable bonds is 4. The predicted octanol–water partition coefficient (Wildman–Crippen LogP) is 1.36. The molecule has 4 amide bonds. The van der Waals surface area contributed by atoms with Crippen LogP contribution in [0.4, 0.5) is 10.6 Å². The molecule has 30 heavy (non-hydrogen) atoms. The van der Waals surface area contributed by atoms with Gasteiger partial charge in [-0.1, -0.05) is 21.9 Å². The lowest BCUT2D eigenvalue weighted by atomic mass is 10.0. The smallest absolute Gasteiger partial charge is 0.445 e. The van der Waals surface area contributed by atoms with Gasteiger partial charge in [0.1, 0.15) is 10.8 Å². The van der Waals surface area contributed by atoms with E-state index in [1.165, 1.54) is 24.9 Å². The highest BCUT2D eigenvalue weighted by Gasteiger charge is 2.49. The molecule has 154 valence electrons. The number of carbonyl (C=O) groups is 3. The van der Waals surface area contributed by atoms with Crippen LogP contribution in [0.5, 0.6) is 0 Å². The van der Waals surface area contributed by atoms with Gasteiger partial charge in [0.25, 0.3) is 11.7 Å². The lowest BCUT2D eigenvalue weighted by Crippen LogP contribution is -2.54. The van der Waals surface area contributed by atoms with Crippen molar-refractivity contribution in [1.29, 1.82) is 0 Å². The SMILES string of the molecule is Cc1cc(NC(=O)CSC2=NC(c3ccco3)=NC3=[N+](C)C(=O)N(C)C(=O)C23)no1. The fourth-order valence-electron chi connectivity index (χ4n) is 2.95. The Balaban J connectivity index is 1.62. The number of hydrogen-bond acceptors (Lipinski definition) is 9. The standard InChI is InChI=1S/C18H16N6O5S/c1-9-7-11(22-29-9)19-12(25)8-30-16-13-15(23(2)18(27)24(3)17(13)26)20-14(21-16)10-5-4-6-28-10/h4-7,13H,8H2,1-3H3/p+1. The quantitative estimate of drug-likeness (QED) is 0.725. The predicted molar refractivity (Wildman–Crippen MR) is 108 cm³/mol. The summed E-state index contributed by atoms with van der Waals surface area (Å²) in [5.41, 5.74) is 0. The van der Waals surface area contributed by atoms with Gasteiger partial charge in [-0.25, -0.2) is 9.79 Å². The number of hydrogen-bond donors (Lipinski definition) is 1. The molecule has 0 radical (unpaired) electrons. The first-order valence-corrected chi connectivity index (χ1v) is 9.83. The fourth-order valence-corrected chi connectivity index (χ4v) is 3.82. The molecule has 1 atom stereocenters. The first-order valence-electron chi connectivity index (χ1n) is 8.84. The first kappa shape index (κ1) is 19.8. The van der Waals surface area contributed by atoms with E-state index in [0.717, 1.165) is 16.7 Å². The minimum Gasteiger partial charge on any atom is -0.459 e. The summed E-state index contributed by atoms with van der Waals surface area (Å²) in [7, 11) is 2.93. The second kappa shape index (κ2) is 7.71. The van der Waals surface area contributed by atoms with Crippen LogP contribution in [-0.4, -0.2) is 69.0 Å². The van der Waals surface area contributed by atoms with Crippen LogP contribution in [0.2, 0.25) is 0 Å². The van der Waals surface area contributed by atoms with Crippen molar-refractivity contribution >= 4 is 52.1 Å². The Morgan fingerprint density at radius 2 is 2.17 bits per heavy atom. The van der Waals surface area contributed by atoms with Gasteiger partial charge in [0.15, 0.2) is 17.5 Å². The van der Waals surface area contributed by atoms with Crippen molar-refractivity contribution in [2.75, 3.05) is 25.2 Å². The van der Waals surface area contributed by atoms with Crippen molar-refractivity contribution < 1.29 is 27.9 Å². The van der Waals surface area contributed by atoms with E-state index in [1.807, 2.05) is 0 Å². The van der Waals surface area contributed by atoms with Gasteiger partial charge in [0, 0.05) is 6.07 Å². The number of aromatic nitrogens is 1. The molecule has 2 aliphatic heterocycles. The summed E-state index contributed by atoms with van der Waals surface area (Å²) in [6.45, 7) is 1.71. The lowest BCUT2D eigenvalue weighted by Gasteiger charge is -2.26. The van der Waals surface area contributed by atoms with Crippen molar-refractivity contribution in [2.45, 2.75) is 6.92 Å². The Morgan fingerprint density at radius 1 is 1.37 bits per heavy atom. The van der Waals surface area contributed by atoms with Crippen LogP contribution in [0.1, 0.15) is 11.5 Å². The van der Waals surface area contributed by atoms with E-state index in [9.17, 15) is 14.4 Å². The van der Waals surface area contributed by atoms with Gasteiger partial charge in [-0.3, -0.25) is 9.59 Å². The molecular weight excluding hydrogens is 412 g/mol. The first-order chi connectivity index (χ1) is 14.3. The molecule has 0 saturated carbocycles. The maximum Gasteiger partial charge on any atom is 0.445 e. The van der Waals surface area contributed by atoms with Crippen molar-refractivity contribution in [2.24, 2.45) is 15.9 Å². The molecule has 12 heteroatoms. The number of urea groups is 1. The van der Waals surface area contributed by atoms with Crippen LogP contribution in [0.3, 0.4) is 0 Å². The maximum atomic E-state index is 12.8. The molecule has 0 spiro atoms. The van der Waals surface area contributed by atoms with E-state index < -0.39 is 17.9 Å². The number of anilines is 1. The Kier molecular flexibility index (Phi) is 5.08. The van der Waals surface area contributed by atoms with Gasteiger partial charge in [-0.2, -0.15) is 9.48 Å². The number of carbonyl (C=O) groups excluding carboxylic acids is 3. The fraction of sp³-hybridized carbons (Fsp3) is 0.278. The molecule has 2 aromatic rings. The van der Waals surface area contributed by atoms with Gasteiger partial charge >= 0.3 is 11.9 Å². The van der Waals surface area contributed by atoms with Crippen LogP contribution >= 0.6 is 11.8 Å². The molecule has 4 rings (SSSR count). The third-order valence-corrected chi connectivity index (χ3v) is 5.45. The molecule has 4 heterocycles. The second-order valence-corrected chi connectivity index (χ2v) is 7.55. The summed E-state index contributed by atoms with van der Waals surface area (Å²) >= 11 is 1.08. The van der Waals surface area contributed by atoms with Gasteiger partial charge < -0.3 is 14.3 Å². The summed E-state index contributed by atoms with van der Waals surface area (Å²) in [4.78, 5) is 47.3. The van der Waals surface area contributed by atoms with E-state index >= 15 is 0 Å². The summed E-state index contributed by atoms with van der Waals surface area (Å²) in [5.74, 6) is -0.0246. The van der Waals surface area contributed by atoms with Gasteiger partial charge in [0.05, 0.1) is 26.1 Å². The molecule has 1 N–H and O–H groups in total. The van der Waals surface area contributed by atoms with Crippen LogP contribution in [0, 0.1) is 12.8 Å². The van der Waals surface area contributed by atoms with E-state index in [4.69, 9.17) is 8.94 Å². The number of amides is 4. The van der Waals surface area contributed by atoms with E-state index in [-0.39, 0.29) is 23.3 Å². The molecule has 2 aliphatic rings. The molecule has 0 bridgehead atoms. The van der Waals surface area contributed by atoms with Crippen molar-refractivity contribution in [3.8, 4) is 0 Å². The number of nitrogens with one attached hydrogen (secondary N) is 1. The summed E-state index contributed by atoms with van der Waals surface area (Å²) in [5, 5.41) is 6.67. The summed E-state index contributed by atoms with van der Waals surface area (Å²) in [6, 6.07) is 4.44. The number of fused-ring (bicyclic) bond motifs is 1. The Hall–Kier alpha value is -3.54. The zero-order valence-electron chi connectivity index (χ0n) is 16.3. The number of thioether (sulfide) groups is 1. The van der Waals surface area contributed by atoms with Gasteiger partial charge in [-0.05, 0) is 19.1 Å². The molecule has 0 saturated heterocycles. The summed E-state index contributed by atoms with van der Waals surface area (Å²) < 4.78 is 11.6.